The number of carbonyl (C=O) groups is 3. The maximum atomic E-state index is 12.8. The number of rotatable bonds is 6. The van der Waals surface area contributed by atoms with Gasteiger partial charge in [0.2, 0.25) is 0 Å². The van der Waals surface area contributed by atoms with Crippen LogP contribution in [0.3, 0.4) is 0 Å². The number of amides is 4. The Morgan fingerprint density at radius 1 is 1.06 bits per heavy atom. The number of nitrogens with zero attached hydrogens (tertiary/aromatic N) is 2. The molecule has 1 aliphatic carbocycles. The zero-order valence-corrected chi connectivity index (χ0v) is 17.5. The number of hydrazine groups is 1. The molecule has 8 nitrogen and oxygen atoms in total. The first kappa shape index (κ1) is 20.7. The molecule has 4 rings (SSSR count). The monoisotopic (exact) mass is 422 g/mol. The van der Waals surface area contributed by atoms with Crippen molar-refractivity contribution < 1.29 is 19.1 Å². The molecule has 31 heavy (non-hydrogen) atoms. The molecule has 1 heterocycles. The van der Waals surface area contributed by atoms with Crippen LogP contribution in [0.4, 0.5) is 10.5 Å². The summed E-state index contributed by atoms with van der Waals surface area (Å²) >= 11 is 0. The van der Waals surface area contributed by atoms with Crippen molar-refractivity contribution in [2.45, 2.75) is 37.6 Å². The van der Waals surface area contributed by atoms with E-state index >= 15 is 0 Å². The summed E-state index contributed by atoms with van der Waals surface area (Å²) < 4.78 is 5.95. The molecule has 8 heteroatoms. The van der Waals surface area contributed by atoms with Gasteiger partial charge in [-0.25, -0.2) is 4.79 Å². The number of anilines is 1. The van der Waals surface area contributed by atoms with Crippen molar-refractivity contribution in [3.8, 4) is 11.5 Å². The second-order valence-electron chi connectivity index (χ2n) is 7.99. The third kappa shape index (κ3) is 4.33. The normalized spacial score (nSPS) is 17.4. The zero-order valence-electron chi connectivity index (χ0n) is 17.5. The number of carbonyl (C=O) groups excluding carboxylic acids is 3. The molecule has 2 aromatic rings. The van der Waals surface area contributed by atoms with Gasteiger partial charge in [0.25, 0.3) is 11.8 Å². The highest BCUT2D eigenvalue weighted by molar-refractivity contribution is 6.08. The van der Waals surface area contributed by atoms with E-state index in [1.165, 1.54) is 0 Å². The smallest absolute Gasteiger partial charge is 0.344 e. The van der Waals surface area contributed by atoms with Crippen molar-refractivity contribution >= 4 is 23.5 Å². The van der Waals surface area contributed by atoms with Crippen LogP contribution in [0, 0.1) is 0 Å². The van der Waals surface area contributed by atoms with Gasteiger partial charge in [-0.1, -0.05) is 49.6 Å². The Balaban J connectivity index is 1.41. The topological polar surface area (TPSA) is 91.0 Å². The molecule has 2 N–H and O–H groups in total. The summed E-state index contributed by atoms with van der Waals surface area (Å²) in [5.74, 6) is 0.444. The molecule has 0 radical (unpaired) electrons. The van der Waals surface area contributed by atoms with E-state index in [1.54, 1.807) is 11.9 Å². The second kappa shape index (κ2) is 8.67. The van der Waals surface area contributed by atoms with Crippen molar-refractivity contribution in [1.82, 2.24) is 15.8 Å². The van der Waals surface area contributed by atoms with E-state index in [9.17, 15) is 14.4 Å². The van der Waals surface area contributed by atoms with E-state index in [-0.39, 0.29) is 12.5 Å². The summed E-state index contributed by atoms with van der Waals surface area (Å²) in [5, 5.41) is 3.61. The van der Waals surface area contributed by atoms with Gasteiger partial charge in [0.05, 0.1) is 12.2 Å². The Bertz CT molecular complexity index is 973. The predicted molar refractivity (Wildman–Crippen MR) is 116 cm³/mol. The summed E-state index contributed by atoms with van der Waals surface area (Å²) in [6.45, 7) is -0.0563. The Hall–Kier alpha value is -3.55. The second-order valence-corrected chi connectivity index (χ2v) is 7.99. The molecule has 162 valence electrons. The maximum Gasteiger partial charge on any atom is 0.344 e. The van der Waals surface area contributed by atoms with Crippen LogP contribution < -0.4 is 20.4 Å². The predicted octanol–water partition coefficient (Wildman–Crippen LogP) is 3.20. The molecule has 1 aliphatic heterocycles. The highest BCUT2D eigenvalue weighted by atomic mass is 16.5. The SMILES string of the molecule is CN(CC(=O)NN1C(=O)NC2(CCCCC2)C1=O)c1ccccc1Oc1ccccc1. The molecule has 1 saturated carbocycles. The molecule has 2 aliphatic rings. The number of nitrogens with one attached hydrogen (secondary N) is 2. The third-order valence-corrected chi connectivity index (χ3v) is 5.73. The number of para-hydroxylation sites is 3. The van der Waals surface area contributed by atoms with Crippen LogP contribution in [0.2, 0.25) is 0 Å². The first-order valence-corrected chi connectivity index (χ1v) is 10.5. The van der Waals surface area contributed by atoms with Crippen LogP contribution in [-0.4, -0.2) is 42.0 Å². The molecule has 1 saturated heterocycles. The molecule has 2 aromatic carbocycles. The van der Waals surface area contributed by atoms with Crippen LogP contribution in [0.5, 0.6) is 11.5 Å². The molecule has 0 aromatic heterocycles. The van der Waals surface area contributed by atoms with Crippen molar-refractivity contribution in [3.05, 3.63) is 54.6 Å². The summed E-state index contributed by atoms with van der Waals surface area (Å²) in [4.78, 5) is 39.5. The summed E-state index contributed by atoms with van der Waals surface area (Å²) in [5.41, 5.74) is 2.31. The number of likely N-dealkylation sites (N-methyl/N-ethyl adjacent to an activating group) is 1. The van der Waals surface area contributed by atoms with Gasteiger partial charge in [0.15, 0.2) is 5.75 Å². The van der Waals surface area contributed by atoms with Crippen molar-refractivity contribution in [2.75, 3.05) is 18.5 Å². The van der Waals surface area contributed by atoms with E-state index in [0.717, 1.165) is 24.3 Å². The van der Waals surface area contributed by atoms with Crippen LogP contribution >= 0.6 is 0 Å². The van der Waals surface area contributed by atoms with Crippen LogP contribution in [0.15, 0.2) is 54.6 Å². The highest BCUT2D eigenvalue weighted by Crippen LogP contribution is 2.33. The molecule has 0 bridgehead atoms. The minimum Gasteiger partial charge on any atom is -0.455 e. The summed E-state index contributed by atoms with van der Waals surface area (Å²) in [7, 11) is 1.75. The van der Waals surface area contributed by atoms with Gasteiger partial charge in [0, 0.05) is 7.05 Å². The maximum absolute atomic E-state index is 12.8. The Kier molecular flexibility index (Phi) is 5.79. The minimum atomic E-state index is -0.870. The number of hydrogen-bond donors (Lipinski definition) is 2. The largest absolute Gasteiger partial charge is 0.455 e. The Labute approximate surface area is 181 Å². The van der Waals surface area contributed by atoms with Gasteiger partial charge in [-0.15, -0.1) is 0 Å². The van der Waals surface area contributed by atoms with Crippen LogP contribution in [0.25, 0.3) is 0 Å². The summed E-state index contributed by atoms with van der Waals surface area (Å²) in [6, 6.07) is 16.2. The third-order valence-electron chi connectivity index (χ3n) is 5.73. The number of hydrogen-bond acceptors (Lipinski definition) is 5. The van der Waals surface area contributed by atoms with Gasteiger partial charge in [0.1, 0.15) is 11.3 Å². The van der Waals surface area contributed by atoms with Crippen molar-refractivity contribution in [1.29, 1.82) is 0 Å². The lowest BCUT2D eigenvalue weighted by Crippen LogP contribution is -2.52. The van der Waals surface area contributed by atoms with E-state index in [2.05, 4.69) is 10.7 Å². The Morgan fingerprint density at radius 2 is 1.74 bits per heavy atom. The van der Waals surface area contributed by atoms with Crippen LogP contribution in [0.1, 0.15) is 32.1 Å². The van der Waals surface area contributed by atoms with Gasteiger partial charge < -0.3 is 15.0 Å². The van der Waals surface area contributed by atoms with Gasteiger partial charge >= 0.3 is 6.03 Å². The lowest BCUT2D eigenvalue weighted by molar-refractivity contribution is -0.139. The molecule has 0 atom stereocenters. The molecule has 1 spiro atoms. The highest BCUT2D eigenvalue weighted by Gasteiger charge is 2.52. The number of ether oxygens (including phenoxy) is 1. The number of imide groups is 1. The van der Waals surface area contributed by atoms with E-state index in [0.29, 0.717) is 30.0 Å². The number of benzene rings is 2. The fourth-order valence-electron chi connectivity index (χ4n) is 4.15. The quantitative estimate of drug-likeness (QED) is 0.698. The van der Waals surface area contributed by atoms with Gasteiger partial charge in [-0.3, -0.25) is 15.0 Å². The van der Waals surface area contributed by atoms with Crippen molar-refractivity contribution in [3.63, 3.8) is 0 Å². The molecular weight excluding hydrogens is 396 g/mol. The fraction of sp³-hybridized carbons (Fsp3) is 0.348. The van der Waals surface area contributed by atoms with E-state index < -0.39 is 17.5 Å². The average molecular weight is 422 g/mol. The van der Waals surface area contributed by atoms with Crippen LogP contribution in [-0.2, 0) is 9.59 Å². The van der Waals surface area contributed by atoms with Gasteiger partial charge in [-0.05, 0) is 37.1 Å². The summed E-state index contributed by atoms with van der Waals surface area (Å²) in [6.07, 6.45) is 4.03. The minimum absolute atomic E-state index is 0.0563. The lowest BCUT2D eigenvalue weighted by Gasteiger charge is -2.30. The first-order chi connectivity index (χ1) is 15.0. The van der Waals surface area contributed by atoms with E-state index in [1.807, 2.05) is 54.6 Å². The number of urea groups is 1. The van der Waals surface area contributed by atoms with E-state index in [4.69, 9.17) is 4.74 Å². The zero-order chi connectivity index (χ0) is 21.8. The first-order valence-electron chi connectivity index (χ1n) is 10.5. The molecule has 2 fully saturated rings. The lowest BCUT2D eigenvalue weighted by atomic mass is 9.82. The van der Waals surface area contributed by atoms with Gasteiger partial charge in [-0.2, -0.15) is 5.01 Å². The average Bonchev–Trinajstić information content (AvgIpc) is 2.99. The molecule has 4 amide bonds. The Morgan fingerprint density at radius 3 is 2.48 bits per heavy atom. The van der Waals surface area contributed by atoms with Crippen molar-refractivity contribution in [2.24, 2.45) is 0 Å². The standard InChI is InChI=1S/C23H26N4O4/c1-26(18-12-6-7-13-19(18)31-17-10-4-2-5-11-17)16-20(28)25-27-21(29)23(24-22(27)30)14-8-3-9-15-23/h2,4-7,10-13H,3,8-9,14-16H2,1H3,(H,24,30)(H,25,28). The molecular formula is C23H26N4O4. The molecule has 0 unspecified atom stereocenters. The fourth-order valence-corrected chi connectivity index (χ4v) is 4.15.